The van der Waals surface area contributed by atoms with Crippen LogP contribution in [-0.2, 0) is 14.3 Å². The number of ether oxygens (including phenoxy) is 2. The van der Waals surface area contributed by atoms with Crippen molar-refractivity contribution in [1.29, 1.82) is 0 Å². The summed E-state index contributed by atoms with van der Waals surface area (Å²) in [5.41, 5.74) is 1.16. The number of esters is 2. The van der Waals surface area contributed by atoms with Gasteiger partial charge in [0.1, 0.15) is 5.75 Å². The molecule has 136 valence electrons. The summed E-state index contributed by atoms with van der Waals surface area (Å²) in [5.74, 6) is -0.467. The maximum Gasteiger partial charge on any atom is 0.363 e. The van der Waals surface area contributed by atoms with Crippen molar-refractivity contribution in [3.8, 4) is 5.75 Å². The van der Waals surface area contributed by atoms with Gasteiger partial charge >= 0.3 is 11.9 Å². The van der Waals surface area contributed by atoms with Crippen LogP contribution in [0.3, 0.4) is 0 Å². The predicted molar refractivity (Wildman–Crippen MR) is 96.1 cm³/mol. The maximum absolute atomic E-state index is 12.0. The molecule has 0 fully saturated rings. The molecule has 0 unspecified atom stereocenters. The lowest BCUT2D eigenvalue weighted by molar-refractivity contribution is -0.384. The molecular weight excluding hydrogens is 352 g/mol. The lowest BCUT2D eigenvalue weighted by Gasteiger charge is -2.02. The number of carbonyl (C=O) groups excluding carboxylic acids is 2. The molecule has 0 atom stereocenters. The summed E-state index contributed by atoms with van der Waals surface area (Å²) >= 11 is 0. The van der Waals surface area contributed by atoms with Gasteiger partial charge in [0.25, 0.3) is 5.69 Å². The van der Waals surface area contributed by atoms with E-state index in [0.29, 0.717) is 16.9 Å². The molecule has 27 heavy (non-hydrogen) atoms. The monoisotopic (exact) mass is 366 g/mol. The molecule has 1 aliphatic rings. The Morgan fingerprint density at radius 2 is 1.85 bits per heavy atom. The molecule has 8 heteroatoms. The Labute approximate surface area is 153 Å². The third kappa shape index (κ3) is 4.24. The van der Waals surface area contributed by atoms with Gasteiger partial charge in [0, 0.05) is 24.1 Å². The van der Waals surface area contributed by atoms with Crippen LogP contribution in [0.25, 0.3) is 6.08 Å². The van der Waals surface area contributed by atoms with E-state index in [1.54, 1.807) is 31.2 Å². The van der Waals surface area contributed by atoms with Crippen molar-refractivity contribution in [3.05, 3.63) is 75.5 Å². The van der Waals surface area contributed by atoms with Gasteiger partial charge in [-0.3, -0.25) is 14.9 Å². The maximum atomic E-state index is 12.0. The molecule has 0 N–H and O–H groups in total. The van der Waals surface area contributed by atoms with Crippen molar-refractivity contribution in [2.45, 2.75) is 13.3 Å². The van der Waals surface area contributed by atoms with Crippen LogP contribution in [0.1, 0.15) is 24.5 Å². The first-order valence-corrected chi connectivity index (χ1v) is 8.04. The number of nitro benzene ring substituents is 1. The Bertz CT molecular complexity index is 959. The highest BCUT2D eigenvalue weighted by Crippen LogP contribution is 2.22. The Morgan fingerprint density at radius 1 is 1.19 bits per heavy atom. The molecule has 0 bridgehead atoms. The third-order valence-electron chi connectivity index (χ3n) is 3.65. The Balaban J connectivity index is 1.79. The van der Waals surface area contributed by atoms with Gasteiger partial charge in [-0.2, -0.15) is 0 Å². The molecule has 1 aliphatic heterocycles. The minimum absolute atomic E-state index is 0.0664. The van der Waals surface area contributed by atoms with Crippen LogP contribution >= 0.6 is 0 Å². The van der Waals surface area contributed by atoms with Crippen molar-refractivity contribution >= 4 is 29.6 Å². The van der Waals surface area contributed by atoms with E-state index >= 15 is 0 Å². The predicted octanol–water partition coefficient (Wildman–Crippen LogP) is 3.25. The molecule has 0 saturated heterocycles. The zero-order valence-electron chi connectivity index (χ0n) is 14.2. The van der Waals surface area contributed by atoms with Gasteiger partial charge in [-0.15, -0.1) is 0 Å². The quantitative estimate of drug-likeness (QED) is 0.264. The number of hydrogen-bond donors (Lipinski definition) is 0. The number of cyclic esters (lactones) is 1. The fraction of sp³-hybridized carbons (Fsp3) is 0.105. The number of hydrogen-bond acceptors (Lipinski definition) is 7. The number of rotatable bonds is 5. The highest BCUT2D eigenvalue weighted by molar-refractivity contribution is 6.12. The van der Waals surface area contributed by atoms with Crippen molar-refractivity contribution in [1.82, 2.24) is 0 Å². The van der Waals surface area contributed by atoms with Crippen molar-refractivity contribution in [3.63, 3.8) is 0 Å². The molecule has 0 spiro atoms. The van der Waals surface area contributed by atoms with Gasteiger partial charge in [0.05, 0.1) is 4.92 Å². The zero-order chi connectivity index (χ0) is 19.4. The largest absolute Gasteiger partial charge is 0.427 e. The van der Waals surface area contributed by atoms with Gasteiger partial charge in [-0.25, -0.2) is 9.79 Å². The molecule has 0 aliphatic carbocycles. The number of nitro groups is 1. The first-order valence-electron chi connectivity index (χ1n) is 8.04. The lowest BCUT2D eigenvalue weighted by Crippen LogP contribution is -2.05. The van der Waals surface area contributed by atoms with E-state index in [9.17, 15) is 19.7 Å². The van der Waals surface area contributed by atoms with E-state index in [2.05, 4.69) is 4.99 Å². The van der Waals surface area contributed by atoms with E-state index < -0.39 is 10.9 Å². The van der Waals surface area contributed by atoms with Gasteiger partial charge in [0.2, 0.25) is 5.90 Å². The van der Waals surface area contributed by atoms with Crippen molar-refractivity contribution in [2.75, 3.05) is 0 Å². The van der Waals surface area contributed by atoms with Crippen molar-refractivity contribution in [2.24, 2.45) is 4.99 Å². The van der Waals surface area contributed by atoms with Crippen LogP contribution < -0.4 is 4.74 Å². The summed E-state index contributed by atoms with van der Waals surface area (Å²) in [6.07, 6.45) is 1.81. The number of benzene rings is 2. The molecule has 2 aromatic carbocycles. The number of nitrogens with zero attached hydrogens (tertiary/aromatic N) is 2. The molecule has 8 nitrogen and oxygen atoms in total. The summed E-state index contributed by atoms with van der Waals surface area (Å²) < 4.78 is 10.2. The average molecular weight is 366 g/mol. The lowest BCUT2D eigenvalue weighted by atomic mass is 10.2. The fourth-order valence-electron chi connectivity index (χ4n) is 2.25. The van der Waals surface area contributed by atoms with E-state index in [-0.39, 0.29) is 29.7 Å². The summed E-state index contributed by atoms with van der Waals surface area (Å²) in [6, 6.07) is 12.1. The standard InChI is InChI=1S/C19H14N2O6/c1-2-17(22)26-15-9-3-12(4-10-15)11-16-19(23)27-18(20-16)13-5-7-14(8-6-13)21(24)25/h3-11H,2H2,1H3/b16-11-. The smallest absolute Gasteiger partial charge is 0.363 e. The molecule has 3 rings (SSSR count). The summed E-state index contributed by atoms with van der Waals surface area (Å²) in [4.78, 5) is 37.6. The number of aliphatic imine (C=N–C) groups is 1. The number of carbonyl (C=O) groups is 2. The highest BCUT2D eigenvalue weighted by Gasteiger charge is 2.24. The molecule has 2 aromatic rings. The Kier molecular flexibility index (Phi) is 5.07. The molecule has 0 radical (unpaired) electrons. The van der Waals surface area contributed by atoms with Gasteiger partial charge in [-0.05, 0) is 35.9 Å². The Morgan fingerprint density at radius 3 is 2.44 bits per heavy atom. The topological polar surface area (TPSA) is 108 Å². The van der Waals surface area contributed by atoms with Gasteiger partial charge in [-0.1, -0.05) is 19.1 Å². The second kappa shape index (κ2) is 7.61. The SMILES string of the molecule is CCC(=O)Oc1ccc(/C=C2\N=C(c3ccc([N+](=O)[O-])cc3)OC2=O)cc1. The Hall–Kier alpha value is -3.81. The highest BCUT2D eigenvalue weighted by atomic mass is 16.6. The average Bonchev–Trinajstić information content (AvgIpc) is 3.03. The van der Waals surface area contributed by atoms with Gasteiger partial charge in [0.15, 0.2) is 5.70 Å². The van der Waals surface area contributed by atoms with E-state index in [0.717, 1.165) is 0 Å². The van der Waals surface area contributed by atoms with Crippen LogP contribution in [0.15, 0.2) is 59.2 Å². The fourth-order valence-corrected chi connectivity index (χ4v) is 2.25. The van der Waals surface area contributed by atoms with Crippen LogP contribution in [0.2, 0.25) is 0 Å². The molecular formula is C19H14N2O6. The minimum Gasteiger partial charge on any atom is -0.427 e. The van der Waals surface area contributed by atoms with Crippen molar-refractivity contribution < 1.29 is 24.0 Å². The van der Waals surface area contributed by atoms with Crippen LogP contribution in [0.4, 0.5) is 5.69 Å². The first-order chi connectivity index (χ1) is 13.0. The first kappa shape index (κ1) is 18.0. The third-order valence-corrected chi connectivity index (χ3v) is 3.65. The summed E-state index contributed by atoms with van der Waals surface area (Å²) in [6.45, 7) is 1.70. The van der Waals surface area contributed by atoms with Crippen LogP contribution in [-0.4, -0.2) is 22.8 Å². The number of non-ortho nitro benzene ring substituents is 1. The molecule has 0 amide bonds. The minimum atomic E-state index is -0.621. The normalized spacial score (nSPS) is 14.6. The van der Waals surface area contributed by atoms with Gasteiger partial charge < -0.3 is 9.47 Å². The van der Waals surface area contributed by atoms with E-state index in [1.807, 2.05) is 0 Å². The van der Waals surface area contributed by atoms with E-state index in [4.69, 9.17) is 9.47 Å². The van der Waals surface area contributed by atoms with E-state index in [1.165, 1.54) is 30.3 Å². The molecule has 0 saturated carbocycles. The molecule has 0 aromatic heterocycles. The summed E-state index contributed by atoms with van der Waals surface area (Å²) in [5, 5.41) is 10.7. The van der Waals surface area contributed by atoms with Crippen LogP contribution in [0.5, 0.6) is 5.75 Å². The second-order valence-electron chi connectivity index (χ2n) is 5.54. The zero-order valence-corrected chi connectivity index (χ0v) is 14.2. The molecule has 1 heterocycles. The second-order valence-corrected chi connectivity index (χ2v) is 5.54. The van der Waals surface area contributed by atoms with Crippen LogP contribution in [0, 0.1) is 10.1 Å². The summed E-state index contributed by atoms with van der Waals surface area (Å²) in [7, 11) is 0.